The zero-order chi connectivity index (χ0) is 28.7. The van der Waals surface area contributed by atoms with Gasteiger partial charge in [0.15, 0.2) is 0 Å². The lowest BCUT2D eigenvalue weighted by Gasteiger charge is -2.31. The van der Waals surface area contributed by atoms with E-state index in [2.05, 4.69) is 5.32 Å². The summed E-state index contributed by atoms with van der Waals surface area (Å²) in [4.78, 5) is 12.7. The number of hydrogen-bond acceptors (Lipinski definition) is 4. The Hall–Kier alpha value is -3.27. The van der Waals surface area contributed by atoms with Crippen LogP contribution in [0.1, 0.15) is 22.7 Å². The smallest absolute Gasteiger partial charge is 0.309 e. The van der Waals surface area contributed by atoms with E-state index in [-0.39, 0.29) is 16.5 Å². The van der Waals surface area contributed by atoms with Gasteiger partial charge in [0.2, 0.25) is 10.0 Å². The molecule has 2 N–H and O–H groups in total. The van der Waals surface area contributed by atoms with Crippen molar-refractivity contribution in [3.05, 3.63) is 136 Å². The van der Waals surface area contributed by atoms with Crippen molar-refractivity contribution in [3.63, 3.8) is 0 Å². The highest BCUT2D eigenvalue weighted by molar-refractivity contribution is 7.89. The van der Waals surface area contributed by atoms with Gasteiger partial charge in [-0.15, -0.1) is 0 Å². The summed E-state index contributed by atoms with van der Waals surface area (Å²) in [6, 6.07) is 26.6. The molecule has 6 nitrogen and oxygen atoms in total. The van der Waals surface area contributed by atoms with Gasteiger partial charge in [0, 0.05) is 35.7 Å². The molecule has 0 aliphatic carbocycles. The number of hydrogen-bond donors (Lipinski definition) is 2. The van der Waals surface area contributed by atoms with Crippen LogP contribution in [0, 0.1) is 11.7 Å². The fourth-order valence-electron chi connectivity index (χ4n) is 4.38. The molecule has 0 amide bonds. The monoisotopic (exact) mass is 600 g/mol. The molecule has 2 unspecified atom stereocenters. The third-order valence-electron chi connectivity index (χ3n) is 6.44. The zero-order valence-electron chi connectivity index (χ0n) is 21.3. The Balaban J connectivity index is 1.76. The molecule has 4 aromatic rings. The van der Waals surface area contributed by atoms with Crippen LogP contribution < -0.4 is 5.32 Å². The van der Waals surface area contributed by atoms with Crippen molar-refractivity contribution in [3.8, 4) is 0 Å². The second kappa shape index (κ2) is 13.4. The van der Waals surface area contributed by atoms with Crippen LogP contribution in [0.3, 0.4) is 0 Å². The molecule has 2 atom stereocenters. The van der Waals surface area contributed by atoms with E-state index >= 15 is 0 Å². The molecule has 0 aliphatic heterocycles. The number of nitrogens with zero attached hydrogens (tertiary/aromatic N) is 1. The van der Waals surface area contributed by atoms with Gasteiger partial charge in [-0.25, -0.2) is 12.8 Å². The van der Waals surface area contributed by atoms with Crippen LogP contribution in [0.25, 0.3) is 0 Å². The van der Waals surface area contributed by atoms with E-state index in [1.165, 1.54) is 18.2 Å². The lowest BCUT2D eigenvalue weighted by atomic mass is 9.92. The van der Waals surface area contributed by atoms with Crippen LogP contribution in [0.5, 0.6) is 0 Å². The minimum atomic E-state index is -4.22. The fraction of sp³-hybridized carbons (Fsp3) is 0.167. The van der Waals surface area contributed by atoms with E-state index in [9.17, 15) is 22.7 Å². The zero-order valence-corrected chi connectivity index (χ0v) is 23.6. The summed E-state index contributed by atoms with van der Waals surface area (Å²) in [5, 5.41) is 14.4. The van der Waals surface area contributed by atoms with Gasteiger partial charge in [-0.05, 0) is 53.1 Å². The molecular weight excluding hydrogens is 574 g/mol. The van der Waals surface area contributed by atoms with Gasteiger partial charge in [0.1, 0.15) is 5.82 Å². The Morgan fingerprint density at radius 1 is 0.875 bits per heavy atom. The normalized spacial score (nSPS) is 13.2. The summed E-state index contributed by atoms with van der Waals surface area (Å²) in [6.45, 7) is -0.183. The molecule has 4 aromatic carbocycles. The summed E-state index contributed by atoms with van der Waals surface area (Å²) in [6.07, 6.45) is 0. The molecule has 4 rings (SSSR count). The number of halogens is 3. The Kier molecular flexibility index (Phi) is 9.95. The Labute approximate surface area is 243 Å². The van der Waals surface area contributed by atoms with Gasteiger partial charge in [0.05, 0.1) is 10.8 Å². The predicted octanol–water partition coefficient (Wildman–Crippen LogP) is 6.56. The molecule has 0 radical (unpaired) electrons. The van der Waals surface area contributed by atoms with Gasteiger partial charge in [-0.1, -0.05) is 89.9 Å². The first kappa shape index (κ1) is 29.7. The fourth-order valence-corrected chi connectivity index (χ4v) is 6.36. The molecule has 0 saturated carbocycles. The minimum absolute atomic E-state index is 0.0932. The van der Waals surface area contributed by atoms with Crippen LogP contribution in [0.2, 0.25) is 10.0 Å². The molecule has 0 saturated heterocycles. The minimum Gasteiger partial charge on any atom is -0.481 e. The highest BCUT2D eigenvalue weighted by Crippen LogP contribution is 2.33. The van der Waals surface area contributed by atoms with Gasteiger partial charge in [0.25, 0.3) is 0 Å². The molecule has 0 bridgehead atoms. The molecule has 10 heteroatoms. The average Bonchev–Trinajstić information content (AvgIpc) is 2.94. The molecule has 40 heavy (non-hydrogen) atoms. The second-order valence-electron chi connectivity index (χ2n) is 9.19. The van der Waals surface area contributed by atoms with Crippen molar-refractivity contribution in [2.75, 3.05) is 6.54 Å². The Bertz CT molecular complexity index is 1540. The van der Waals surface area contributed by atoms with Crippen LogP contribution in [0.15, 0.2) is 108 Å². The summed E-state index contributed by atoms with van der Waals surface area (Å²) < 4.78 is 42.3. The molecule has 0 aliphatic rings. The Morgan fingerprint density at radius 3 is 2.05 bits per heavy atom. The van der Waals surface area contributed by atoms with Gasteiger partial charge in [-0.3, -0.25) is 4.79 Å². The number of nitrogens with one attached hydrogen (secondary N) is 1. The first-order valence-electron chi connectivity index (χ1n) is 12.4. The average molecular weight is 602 g/mol. The van der Waals surface area contributed by atoms with Gasteiger partial charge >= 0.3 is 5.97 Å². The van der Waals surface area contributed by atoms with Crippen molar-refractivity contribution in [1.82, 2.24) is 9.62 Å². The maximum Gasteiger partial charge on any atom is 0.309 e. The largest absolute Gasteiger partial charge is 0.481 e. The third kappa shape index (κ3) is 7.47. The van der Waals surface area contributed by atoms with E-state index in [0.29, 0.717) is 22.7 Å². The molecular formula is C30H27Cl2FN2O4S. The number of carboxylic acid groups (broad SMARTS) is 1. The predicted molar refractivity (Wildman–Crippen MR) is 154 cm³/mol. The lowest BCUT2D eigenvalue weighted by molar-refractivity contribution is -0.143. The van der Waals surface area contributed by atoms with Crippen LogP contribution in [-0.4, -0.2) is 30.3 Å². The topological polar surface area (TPSA) is 86.7 Å². The van der Waals surface area contributed by atoms with E-state index in [0.717, 1.165) is 22.0 Å². The highest BCUT2D eigenvalue weighted by atomic mass is 35.5. The van der Waals surface area contributed by atoms with E-state index < -0.39 is 40.3 Å². The first-order chi connectivity index (χ1) is 19.1. The number of benzene rings is 4. The maximum atomic E-state index is 13.8. The van der Waals surface area contributed by atoms with Crippen LogP contribution in [-0.2, 0) is 27.9 Å². The summed E-state index contributed by atoms with van der Waals surface area (Å²) in [5.74, 6) is -3.07. The highest BCUT2D eigenvalue weighted by Gasteiger charge is 2.36. The molecule has 0 fully saturated rings. The molecule has 0 aromatic heterocycles. The Morgan fingerprint density at radius 2 is 1.48 bits per heavy atom. The molecule has 0 spiro atoms. The third-order valence-corrected chi connectivity index (χ3v) is 8.83. The van der Waals surface area contributed by atoms with Crippen molar-refractivity contribution >= 4 is 39.2 Å². The van der Waals surface area contributed by atoms with E-state index in [4.69, 9.17) is 23.2 Å². The second-order valence-corrected chi connectivity index (χ2v) is 12.0. The van der Waals surface area contributed by atoms with Gasteiger partial charge in [-0.2, -0.15) is 4.31 Å². The SMILES string of the molecule is O=C(O)C(CN(Cc1ccccc1)S(=O)(=O)c1ccc(F)cc1)C(NCc1ccccc1)c1ccc(Cl)cc1Cl. The number of sulfonamides is 1. The number of carboxylic acids is 1. The first-order valence-corrected chi connectivity index (χ1v) is 14.6. The number of carbonyl (C=O) groups is 1. The maximum absolute atomic E-state index is 13.8. The van der Waals surface area contributed by atoms with E-state index in [1.807, 2.05) is 30.3 Å². The molecule has 208 valence electrons. The van der Waals surface area contributed by atoms with Crippen molar-refractivity contribution in [2.45, 2.75) is 24.0 Å². The standard InChI is InChI=1S/C30H27Cl2FN2O4S/c31-23-11-16-26(28(32)17-23)29(34-18-21-7-3-1-4-8-21)27(30(36)37)20-35(19-22-9-5-2-6-10-22)40(38,39)25-14-12-24(33)13-15-25/h1-17,27,29,34H,18-20H2,(H,36,37). The molecule has 0 heterocycles. The number of rotatable bonds is 12. The van der Waals surface area contributed by atoms with Crippen LogP contribution >= 0.6 is 23.2 Å². The van der Waals surface area contributed by atoms with Gasteiger partial charge < -0.3 is 10.4 Å². The number of aliphatic carboxylic acids is 1. The van der Waals surface area contributed by atoms with E-state index in [1.54, 1.807) is 42.5 Å². The summed E-state index contributed by atoms with van der Waals surface area (Å²) in [5.41, 5.74) is 2.03. The summed E-state index contributed by atoms with van der Waals surface area (Å²) in [7, 11) is -4.22. The summed E-state index contributed by atoms with van der Waals surface area (Å²) >= 11 is 12.7. The lowest BCUT2D eigenvalue weighted by Crippen LogP contribution is -2.43. The van der Waals surface area contributed by atoms with Crippen molar-refractivity contribution in [2.24, 2.45) is 5.92 Å². The van der Waals surface area contributed by atoms with Crippen LogP contribution in [0.4, 0.5) is 4.39 Å². The van der Waals surface area contributed by atoms with Crippen molar-refractivity contribution < 1.29 is 22.7 Å². The van der Waals surface area contributed by atoms with Crippen molar-refractivity contribution in [1.29, 1.82) is 0 Å². The quantitative estimate of drug-likeness (QED) is 0.192.